The van der Waals surface area contributed by atoms with Crippen LogP contribution < -0.4 is 4.74 Å². The molecule has 0 aliphatic rings. The van der Waals surface area contributed by atoms with Crippen LogP contribution in [0, 0.1) is 5.82 Å². The van der Waals surface area contributed by atoms with Crippen LogP contribution in [0.4, 0.5) is 17.6 Å². The summed E-state index contributed by atoms with van der Waals surface area (Å²) in [4.78, 5) is 1.15. The molecule has 0 radical (unpaired) electrons. The molecule has 0 saturated carbocycles. The number of ether oxygens (including phenoxy) is 1. The standard InChI is InChI=1S/C13H17F4NO3/c1-18(7-12(20)13(15,16)17)6-10(19)8-21-11-4-2-9(14)3-5-11/h2-5,10,12,19-20H,6-8H2,1H3. The summed E-state index contributed by atoms with van der Waals surface area (Å²) in [5, 5.41) is 18.5. The van der Waals surface area contributed by atoms with Gasteiger partial charge >= 0.3 is 6.18 Å². The van der Waals surface area contributed by atoms with E-state index in [9.17, 15) is 22.7 Å². The van der Waals surface area contributed by atoms with Crippen LogP contribution in [0.5, 0.6) is 5.75 Å². The van der Waals surface area contributed by atoms with Crippen LogP contribution in [-0.2, 0) is 0 Å². The van der Waals surface area contributed by atoms with Crippen molar-refractivity contribution in [3.05, 3.63) is 30.1 Å². The van der Waals surface area contributed by atoms with Crippen LogP contribution in [0.15, 0.2) is 24.3 Å². The van der Waals surface area contributed by atoms with E-state index in [1.165, 1.54) is 31.3 Å². The zero-order valence-electron chi connectivity index (χ0n) is 11.3. The molecule has 0 aromatic heterocycles. The second-order valence-corrected chi connectivity index (χ2v) is 4.70. The Morgan fingerprint density at radius 1 is 1.14 bits per heavy atom. The Balaban J connectivity index is 2.32. The lowest BCUT2D eigenvalue weighted by Gasteiger charge is -2.24. The quantitative estimate of drug-likeness (QED) is 0.748. The molecule has 0 spiro atoms. The first-order chi connectivity index (χ1) is 9.68. The number of halogens is 4. The van der Waals surface area contributed by atoms with Crippen molar-refractivity contribution in [3.63, 3.8) is 0 Å². The topological polar surface area (TPSA) is 52.9 Å². The van der Waals surface area contributed by atoms with Gasteiger partial charge in [0, 0.05) is 13.1 Å². The third kappa shape index (κ3) is 6.74. The van der Waals surface area contributed by atoms with Gasteiger partial charge in [-0.1, -0.05) is 0 Å². The zero-order chi connectivity index (χ0) is 16.0. The van der Waals surface area contributed by atoms with Crippen molar-refractivity contribution in [2.45, 2.75) is 18.4 Å². The van der Waals surface area contributed by atoms with Gasteiger partial charge in [0.05, 0.1) is 0 Å². The highest BCUT2D eigenvalue weighted by atomic mass is 19.4. The molecule has 2 N–H and O–H groups in total. The molecule has 4 nitrogen and oxygen atoms in total. The van der Waals surface area contributed by atoms with Crippen molar-refractivity contribution in [1.29, 1.82) is 0 Å². The zero-order valence-corrected chi connectivity index (χ0v) is 11.3. The molecule has 1 aromatic carbocycles. The van der Waals surface area contributed by atoms with Crippen LogP contribution >= 0.6 is 0 Å². The molecule has 2 unspecified atom stereocenters. The van der Waals surface area contributed by atoms with Crippen LogP contribution in [0.3, 0.4) is 0 Å². The van der Waals surface area contributed by atoms with Crippen molar-refractivity contribution < 1.29 is 32.5 Å². The van der Waals surface area contributed by atoms with Gasteiger partial charge in [-0.15, -0.1) is 0 Å². The maximum absolute atomic E-state index is 12.6. The Labute approximate surface area is 119 Å². The Morgan fingerprint density at radius 3 is 2.24 bits per heavy atom. The molecule has 2 atom stereocenters. The molecule has 120 valence electrons. The van der Waals surface area contributed by atoms with E-state index < -0.39 is 30.7 Å². The summed E-state index contributed by atoms with van der Waals surface area (Å²) in [6.45, 7) is -0.899. The van der Waals surface area contributed by atoms with E-state index in [1.54, 1.807) is 0 Å². The van der Waals surface area contributed by atoms with Crippen LogP contribution in [0.2, 0.25) is 0 Å². The molecular formula is C13H17F4NO3. The summed E-state index contributed by atoms with van der Waals surface area (Å²) in [5.74, 6) is -0.0859. The first kappa shape index (κ1) is 17.7. The number of hydrogen-bond donors (Lipinski definition) is 2. The summed E-state index contributed by atoms with van der Waals surface area (Å²) < 4.78 is 54.3. The van der Waals surface area contributed by atoms with E-state index in [1.807, 2.05) is 0 Å². The van der Waals surface area contributed by atoms with E-state index in [-0.39, 0.29) is 13.2 Å². The van der Waals surface area contributed by atoms with Crippen LogP contribution in [-0.4, -0.2) is 60.2 Å². The monoisotopic (exact) mass is 311 g/mol. The number of aliphatic hydroxyl groups excluding tert-OH is 2. The first-order valence-electron chi connectivity index (χ1n) is 6.18. The fraction of sp³-hybridized carbons (Fsp3) is 0.538. The van der Waals surface area contributed by atoms with Gasteiger partial charge in [-0.3, -0.25) is 0 Å². The second-order valence-electron chi connectivity index (χ2n) is 4.70. The van der Waals surface area contributed by atoms with Gasteiger partial charge in [0.15, 0.2) is 6.10 Å². The molecule has 1 aromatic rings. The Morgan fingerprint density at radius 2 is 1.71 bits per heavy atom. The largest absolute Gasteiger partial charge is 0.491 e. The van der Waals surface area contributed by atoms with Crippen molar-refractivity contribution in [1.82, 2.24) is 4.90 Å². The lowest BCUT2D eigenvalue weighted by Crippen LogP contribution is -2.42. The predicted molar refractivity (Wildman–Crippen MR) is 67.5 cm³/mol. The lowest BCUT2D eigenvalue weighted by atomic mass is 10.3. The highest BCUT2D eigenvalue weighted by Crippen LogP contribution is 2.20. The Bertz CT molecular complexity index is 424. The summed E-state index contributed by atoms with van der Waals surface area (Å²) >= 11 is 0. The molecule has 0 aliphatic heterocycles. The van der Waals surface area contributed by atoms with Gasteiger partial charge in [-0.2, -0.15) is 13.2 Å². The van der Waals surface area contributed by atoms with Gasteiger partial charge < -0.3 is 19.8 Å². The molecule has 0 fully saturated rings. The highest BCUT2D eigenvalue weighted by molar-refractivity contribution is 5.22. The molecular weight excluding hydrogens is 294 g/mol. The number of likely N-dealkylation sites (N-methyl/N-ethyl adjacent to an activating group) is 1. The highest BCUT2D eigenvalue weighted by Gasteiger charge is 2.38. The fourth-order valence-corrected chi connectivity index (χ4v) is 1.61. The summed E-state index contributed by atoms with van der Waals surface area (Å²) in [7, 11) is 1.34. The first-order valence-corrected chi connectivity index (χ1v) is 6.18. The molecule has 1 rings (SSSR count). The molecule has 0 aliphatic carbocycles. The van der Waals surface area contributed by atoms with E-state index in [4.69, 9.17) is 9.84 Å². The second kappa shape index (κ2) is 7.58. The molecule has 0 bridgehead atoms. The number of rotatable bonds is 7. The molecule has 0 amide bonds. The third-order valence-corrected chi connectivity index (χ3v) is 2.64. The molecule has 0 saturated heterocycles. The summed E-state index contributed by atoms with van der Waals surface area (Å²) in [6, 6.07) is 5.12. The maximum atomic E-state index is 12.6. The number of nitrogens with zero attached hydrogens (tertiary/aromatic N) is 1. The van der Waals surface area contributed by atoms with Gasteiger partial charge in [0.25, 0.3) is 0 Å². The smallest absolute Gasteiger partial charge is 0.415 e. The number of hydrogen-bond acceptors (Lipinski definition) is 4. The minimum absolute atomic E-state index is 0.103. The van der Waals surface area contributed by atoms with E-state index in [2.05, 4.69) is 0 Å². The fourth-order valence-electron chi connectivity index (χ4n) is 1.61. The van der Waals surface area contributed by atoms with Crippen LogP contribution in [0.1, 0.15) is 0 Å². The number of alkyl halides is 3. The van der Waals surface area contributed by atoms with Gasteiger partial charge in [-0.05, 0) is 31.3 Å². The van der Waals surface area contributed by atoms with E-state index in [0.717, 1.165) is 4.90 Å². The molecule has 21 heavy (non-hydrogen) atoms. The van der Waals surface area contributed by atoms with E-state index >= 15 is 0 Å². The van der Waals surface area contributed by atoms with Gasteiger partial charge in [-0.25, -0.2) is 4.39 Å². The average molecular weight is 311 g/mol. The van der Waals surface area contributed by atoms with Gasteiger partial charge in [0.2, 0.25) is 0 Å². The molecule has 8 heteroatoms. The minimum atomic E-state index is -4.69. The lowest BCUT2D eigenvalue weighted by molar-refractivity contribution is -0.208. The Kier molecular flexibility index (Phi) is 6.38. The summed E-state index contributed by atoms with van der Waals surface area (Å²) in [5.41, 5.74) is 0. The average Bonchev–Trinajstić information content (AvgIpc) is 2.36. The predicted octanol–water partition coefficient (Wildman–Crippen LogP) is 1.42. The van der Waals surface area contributed by atoms with Crippen LogP contribution in [0.25, 0.3) is 0 Å². The van der Waals surface area contributed by atoms with Crippen molar-refractivity contribution >= 4 is 0 Å². The van der Waals surface area contributed by atoms with Crippen molar-refractivity contribution in [2.24, 2.45) is 0 Å². The third-order valence-electron chi connectivity index (χ3n) is 2.64. The number of aliphatic hydroxyl groups is 2. The van der Waals surface area contributed by atoms with Crippen molar-refractivity contribution in [2.75, 3.05) is 26.7 Å². The normalized spacial score (nSPS) is 15.0. The molecule has 0 heterocycles. The summed E-state index contributed by atoms with van der Waals surface area (Å²) in [6.07, 6.45) is -8.20. The Hall–Kier alpha value is -1.38. The maximum Gasteiger partial charge on any atom is 0.415 e. The SMILES string of the molecule is CN(CC(O)COc1ccc(F)cc1)CC(O)C(F)(F)F. The number of benzene rings is 1. The van der Waals surface area contributed by atoms with Gasteiger partial charge in [0.1, 0.15) is 24.3 Å². The minimum Gasteiger partial charge on any atom is -0.491 e. The van der Waals surface area contributed by atoms with E-state index in [0.29, 0.717) is 5.75 Å². The van der Waals surface area contributed by atoms with Crippen molar-refractivity contribution in [3.8, 4) is 5.75 Å².